The number of ether oxygens (including phenoxy) is 2. The van der Waals surface area contributed by atoms with Gasteiger partial charge < -0.3 is 19.7 Å². The molecule has 0 aromatic rings. The number of aliphatic hydroxyl groups is 2. The second-order valence-electron chi connectivity index (χ2n) is 3.54. The van der Waals surface area contributed by atoms with Crippen LogP contribution in [0.2, 0.25) is 0 Å². The van der Waals surface area contributed by atoms with Crippen LogP contribution in [0, 0.1) is 5.92 Å². The van der Waals surface area contributed by atoms with Crippen LogP contribution in [-0.4, -0.2) is 36.3 Å². The van der Waals surface area contributed by atoms with E-state index in [0.717, 1.165) is 19.3 Å². The lowest BCUT2D eigenvalue weighted by Crippen LogP contribution is -2.34. The zero-order valence-electron chi connectivity index (χ0n) is 8.43. The molecule has 2 N–H and O–H groups in total. The summed E-state index contributed by atoms with van der Waals surface area (Å²) in [4.78, 5) is 0. The van der Waals surface area contributed by atoms with Gasteiger partial charge in [0.2, 0.25) is 0 Å². The highest BCUT2D eigenvalue weighted by Crippen LogP contribution is 2.27. The van der Waals surface area contributed by atoms with Gasteiger partial charge in [-0.1, -0.05) is 0 Å². The summed E-state index contributed by atoms with van der Waals surface area (Å²) >= 11 is 0. The van der Waals surface area contributed by atoms with E-state index < -0.39 is 0 Å². The summed E-state index contributed by atoms with van der Waals surface area (Å²) in [6.45, 7) is -0.292. The molecule has 1 fully saturated rings. The molecule has 0 aromatic carbocycles. The highest BCUT2D eigenvalue weighted by atomic mass is 16.6. The third-order valence-electron chi connectivity index (χ3n) is 2.62. The molecule has 1 saturated carbocycles. The van der Waals surface area contributed by atoms with Crippen molar-refractivity contribution in [2.45, 2.75) is 31.5 Å². The Labute approximate surface area is 84.1 Å². The summed E-state index contributed by atoms with van der Waals surface area (Å²) in [5.41, 5.74) is 0. The van der Waals surface area contributed by atoms with Gasteiger partial charge >= 0.3 is 0 Å². The first-order valence-corrected chi connectivity index (χ1v) is 4.88. The second kappa shape index (κ2) is 6.01. The molecule has 4 nitrogen and oxygen atoms in total. The SMILES string of the molecule is COC1CC(/C=C\OCO)CCC1O. The third-order valence-corrected chi connectivity index (χ3v) is 2.62. The van der Waals surface area contributed by atoms with Crippen molar-refractivity contribution in [1.29, 1.82) is 0 Å². The normalized spacial score (nSPS) is 33.5. The Kier molecular flexibility index (Phi) is 4.93. The highest BCUT2D eigenvalue weighted by molar-refractivity contribution is 4.91. The van der Waals surface area contributed by atoms with Crippen LogP contribution in [0.5, 0.6) is 0 Å². The van der Waals surface area contributed by atoms with Crippen molar-refractivity contribution in [3.8, 4) is 0 Å². The smallest absolute Gasteiger partial charge is 0.185 e. The zero-order chi connectivity index (χ0) is 10.4. The Balaban J connectivity index is 2.34. The van der Waals surface area contributed by atoms with E-state index in [0.29, 0.717) is 5.92 Å². The molecule has 0 bridgehead atoms. The van der Waals surface area contributed by atoms with Crippen LogP contribution in [0.3, 0.4) is 0 Å². The van der Waals surface area contributed by atoms with Crippen LogP contribution in [-0.2, 0) is 9.47 Å². The molecule has 0 amide bonds. The molecule has 0 aromatic heterocycles. The van der Waals surface area contributed by atoms with Gasteiger partial charge in [0.1, 0.15) is 0 Å². The van der Waals surface area contributed by atoms with Crippen LogP contribution < -0.4 is 0 Å². The predicted octanol–water partition coefficient (Wildman–Crippen LogP) is 0.643. The summed E-state index contributed by atoms with van der Waals surface area (Å²) in [6.07, 6.45) is 5.50. The van der Waals surface area contributed by atoms with Gasteiger partial charge in [0, 0.05) is 7.11 Å². The minimum absolute atomic E-state index is 0.0764. The molecular formula is C10H18O4. The van der Waals surface area contributed by atoms with Crippen molar-refractivity contribution in [3.63, 3.8) is 0 Å². The quantitative estimate of drug-likeness (QED) is 0.519. The molecule has 1 aliphatic carbocycles. The number of aliphatic hydroxyl groups excluding tert-OH is 2. The van der Waals surface area contributed by atoms with Gasteiger partial charge in [-0.05, 0) is 31.3 Å². The van der Waals surface area contributed by atoms with Crippen molar-refractivity contribution in [2.24, 2.45) is 5.92 Å². The molecule has 14 heavy (non-hydrogen) atoms. The molecule has 3 unspecified atom stereocenters. The van der Waals surface area contributed by atoms with Crippen LogP contribution in [0.1, 0.15) is 19.3 Å². The number of methoxy groups -OCH3 is 1. The van der Waals surface area contributed by atoms with E-state index in [4.69, 9.17) is 14.6 Å². The summed E-state index contributed by atoms with van der Waals surface area (Å²) in [7, 11) is 1.62. The van der Waals surface area contributed by atoms with E-state index >= 15 is 0 Å². The van der Waals surface area contributed by atoms with Crippen LogP contribution in [0.15, 0.2) is 12.3 Å². The van der Waals surface area contributed by atoms with Gasteiger partial charge in [0.05, 0.1) is 18.5 Å². The number of hydrogen-bond donors (Lipinski definition) is 2. The fourth-order valence-corrected chi connectivity index (χ4v) is 1.78. The maximum Gasteiger partial charge on any atom is 0.185 e. The molecular weight excluding hydrogens is 184 g/mol. The average Bonchev–Trinajstić information content (AvgIpc) is 2.21. The lowest BCUT2D eigenvalue weighted by atomic mass is 9.85. The number of hydrogen-bond acceptors (Lipinski definition) is 4. The lowest BCUT2D eigenvalue weighted by Gasteiger charge is -2.30. The fourth-order valence-electron chi connectivity index (χ4n) is 1.78. The second-order valence-corrected chi connectivity index (χ2v) is 3.54. The Morgan fingerprint density at radius 3 is 2.86 bits per heavy atom. The summed E-state index contributed by atoms with van der Waals surface area (Å²) in [5, 5.41) is 17.9. The molecule has 82 valence electrons. The van der Waals surface area contributed by atoms with Crippen molar-refractivity contribution < 1.29 is 19.7 Å². The molecule has 1 rings (SSSR count). The van der Waals surface area contributed by atoms with Gasteiger partial charge in [-0.25, -0.2) is 0 Å². The van der Waals surface area contributed by atoms with Crippen LogP contribution in [0.25, 0.3) is 0 Å². The first kappa shape index (κ1) is 11.5. The lowest BCUT2D eigenvalue weighted by molar-refractivity contribution is -0.0453. The third kappa shape index (κ3) is 3.29. The average molecular weight is 202 g/mol. The summed E-state index contributed by atoms with van der Waals surface area (Å²) < 4.78 is 9.87. The molecule has 0 aliphatic heterocycles. The number of rotatable bonds is 4. The first-order chi connectivity index (χ1) is 6.77. The fraction of sp³-hybridized carbons (Fsp3) is 0.800. The summed E-state index contributed by atoms with van der Waals surface area (Å²) in [5.74, 6) is 0.370. The van der Waals surface area contributed by atoms with Gasteiger partial charge in [-0.3, -0.25) is 0 Å². The molecule has 0 spiro atoms. The van der Waals surface area contributed by atoms with Gasteiger partial charge in [-0.15, -0.1) is 0 Å². The number of allylic oxidation sites excluding steroid dienone is 1. The highest BCUT2D eigenvalue weighted by Gasteiger charge is 2.27. The van der Waals surface area contributed by atoms with E-state index in [1.807, 2.05) is 6.08 Å². The molecule has 0 heterocycles. The maximum atomic E-state index is 9.54. The van der Waals surface area contributed by atoms with E-state index in [9.17, 15) is 5.11 Å². The minimum Gasteiger partial charge on any atom is -0.476 e. The minimum atomic E-state index is -0.344. The first-order valence-electron chi connectivity index (χ1n) is 4.88. The van der Waals surface area contributed by atoms with E-state index in [1.165, 1.54) is 6.26 Å². The van der Waals surface area contributed by atoms with Gasteiger partial charge in [0.15, 0.2) is 6.79 Å². The Bertz CT molecular complexity index is 181. The Hall–Kier alpha value is -0.580. The van der Waals surface area contributed by atoms with Crippen molar-refractivity contribution >= 4 is 0 Å². The predicted molar refractivity (Wildman–Crippen MR) is 51.5 cm³/mol. The Morgan fingerprint density at radius 1 is 1.43 bits per heavy atom. The molecule has 0 radical (unpaired) electrons. The Morgan fingerprint density at radius 2 is 2.21 bits per heavy atom. The molecule has 4 heteroatoms. The monoisotopic (exact) mass is 202 g/mol. The topological polar surface area (TPSA) is 58.9 Å². The molecule has 1 aliphatic rings. The van der Waals surface area contributed by atoms with Crippen LogP contribution >= 0.6 is 0 Å². The van der Waals surface area contributed by atoms with Crippen molar-refractivity contribution in [2.75, 3.05) is 13.9 Å². The van der Waals surface area contributed by atoms with E-state index in [-0.39, 0.29) is 19.0 Å². The summed E-state index contributed by atoms with van der Waals surface area (Å²) in [6, 6.07) is 0. The zero-order valence-corrected chi connectivity index (χ0v) is 8.43. The standard InChI is InChI=1S/C10H18O4/c1-13-10-6-8(2-3-9(10)12)4-5-14-7-11/h4-5,8-12H,2-3,6-7H2,1H3/b5-4-. The molecule has 3 atom stereocenters. The maximum absolute atomic E-state index is 9.54. The largest absolute Gasteiger partial charge is 0.476 e. The van der Waals surface area contributed by atoms with Gasteiger partial charge in [-0.2, -0.15) is 0 Å². The van der Waals surface area contributed by atoms with E-state index in [2.05, 4.69) is 0 Å². The van der Waals surface area contributed by atoms with Crippen LogP contribution in [0.4, 0.5) is 0 Å². The van der Waals surface area contributed by atoms with Crippen molar-refractivity contribution in [1.82, 2.24) is 0 Å². The van der Waals surface area contributed by atoms with Crippen molar-refractivity contribution in [3.05, 3.63) is 12.3 Å². The van der Waals surface area contributed by atoms with E-state index in [1.54, 1.807) is 7.11 Å². The molecule has 0 saturated heterocycles. The van der Waals surface area contributed by atoms with Gasteiger partial charge in [0.25, 0.3) is 0 Å².